The van der Waals surface area contributed by atoms with E-state index >= 15 is 0 Å². The van der Waals surface area contributed by atoms with Gasteiger partial charge in [0.25, 0.3) is 0 Å². The summed E-state index contributed by atoms with van der Waals surface area (Å²) in [6.07, 6.45) is 3.57. The van der Waals surface area contributed by atoms with Crippen molar-refractivity contribution in [1.82, 2.24) is 19.9 Å². The number of rotatable bonds is 19. The summed E-state index contributed by atoms with van der Waals surface area (Å²) < 4.78 is 0. The van der Waals surface area contributed by atoms with Gasteiger partial charge in [-0.25, -0.2) is 0 Å². The van der Waals surface area contributed by atoms with E-state index in [-0.39, 0.29) is 110 Å². The first kappa shape index (κ1) is 119. The summed E-state index contributed by atoms with van der Waals surface area (Å²) in [6.45, 7) is 56.7. The van der Waals surface area contributed by atoms with Crippen molar-refractivity contribution in [3.8, 4) is 45.0 Å². The van der Waals surface area contributed by atoms with Crippen molar-refractivity contribution in [2.24, 2.45) is 23.7 Å². The van der Waals surface area contributed by atoms with Crippen molar-refractivity contribution in [1.29, 1.82) is 0 Å². The van der Waals surface area contributed by atoms with Gasteiger partial charge >= 0.3 is 0 Å². The third kappa shape index (κ3) is 39.3. The van der Waals surface area contributed by atoms with Crippen LogP contribution in [-0.4, -0.2) is 85.2 Å². The molecule has 16 heteroatoms. The Bertz CT molecular complexity index is 5230. The van der Waals surface area contributed by atoms with Crippen LogP contribution in [-0.2, 0) is 80.4 Å². The predicted octanol–water partition coefficient (Wildman–Crippen LogP) is 29.9. The van der Waals surface area contributed by atoms with Crippen molar-refractivity contribution < 1.29 is 121 Å². The Morgan fingerprint density at radius 3 is 0.848 bits per heavy atom. The van der Waals surface area contributed by atoms with E-state index in [1.807, 2.05) is 71.9 Å². The molecule has 0 bridgehead atoms. The number of aryl methyl sites for hydroxylation is 8. The Kier molecular flexibility index (Phi) is 52.9. The summed E-state index contributed by atoms with van der Waals surface area (Å²) in [5, 5.41) is 78.1. The van der Waals surface area contributed by atoms with Gasteiger partial charge in [0.1, 0.15) is 0 Å². The minimum atomic E-state index is -0.646. The molecule has 13 rings (SSSR count). The second kappa shape index (κ2) is 58.5. The predicted molar refractivity (Wildman–Crippen MR) is 542 cm³/mol. The van der Waals surface area contributed by atoms with Crippen molar-refractivity contribution in [3.63, 3.8) is 0 Å². The fourth-order valence-corrected chi connectivity index (χ4v) is 15.0. The van der Waals surface area contributed by atoms with E-state index in [1.165, 1.54) is 85.1 Å². The molecule has 12 nitrogen and oxygen atoms in total. The van der Waals surface area contributed by atoms with Gasteiger partial charge in [0.15, 0.2) is 0 Å². The van der Waals surface area contributed by atoms with E-state index in [4.69, 9.17) is 30.1 Å². The maximum atomic E-state index is 9.47. The summed E-state index contributed by atoms with van der Waals surface area (Å²) in [5.74, 6) is 4.09. The van der Waals surface area contributed by atoms with Gasteiger partial charge in [-0.3, -0.25) is 19.9 Å². The molecular weight excluding hydrogens is 2350 g/mol. The first-order valence-corrected chi connectivity index (χ1v) is 45.3. The van der Waals surface area contributed by atoms with Gasteiger partial charge in [0.05, 0.1) is 69.5 Å². The van der Waals surface area contributed by atoms with Crippen LogP contribution in [0.4, 0.5) is 0 Å². The first-order chi connectivity index (χ1) is 60.3. The molecule has 4 heterocycles. The van der Waals surface area contributed by atoms with Crippen LogP contribution in [0.25, 0.3) is 94.2 Å². The molecule has 9 aromatic carbocycles. The molecule has 0 fully saturated rings. The number of aliphatic hydroxyl groups is 8. The second-order valence-corrected chi connectivity index (χ2v) is 36.6. The van der Waals surface area contributed by atoms with Crippen LogP contribution in [0.15, 0.2) is 241 Å². The number of aromatic nitrogens is 4. The molecule has 0 spiro atoms. The summed E-state index contributed by atoms with van der Waals surface area (Å²) in [7, 11) is 0. The zero-order valence-corrected chi connectivity index (χ0v) is 92.4. The molecule has 4 radical (unpaired) electrons. The molecule has 0 aliphatic heterocycles. The Hall–Kier alpha value is -8.78. The molecule has 4 aromatic heterocycles. The molecule has 0 amide bonds. The van der Waals surface area contributed by atoms with E-state index in [2.05, 4.69) is 319 Å². The van der Waals surface area contributed by atoms with Crippen molar-refractivity contribution in [2.45, 2.75) is 255 Å². The molecule has 4 atom stereocenters. The van der Waals surface area contributed by atoms with Gasteiger partial charge in [-0.2, -0.15) is 0 Å². The quantitative estimate of drug-likeness (QED) is 0.0281. The third-order valence-corrected chi connectivity index (χ3v) is 21.0. The number of allylic oxidation sites excluding steroid dienone is 4. The van der Waals surface area contributed by atoms with Gasteiger partial charge < -0.3 is 40.9 Å². The first-order valence-electron chi connectivity index (χ1n) is 45.3. The summed E-state index contributed by atoms with van der Waals surface area (Å²) in [6, 6.07) is 82.9. The Morgan fingerprint density at radius 2 is 0.636 bits per heavy atom. The normalized spacial score (nSPS) is 12.4. The molecule has 716 valence electrons. The summed E-state index contributed by atoms with van der Waals surface area (Å²) in [4.78, 5) is 19.4. The largest absolute Gasteiger partial charge is 0.513 e. The number of fused-ring (bicyclic) bond motifs is 4. The summed E-state index contributed by atoms with van der Waals surface area (Å²) in [5.41, 5.74) is 29.0. The molecule has 132 heavy (non-hydrogen) atoms. The van der Waals surface area contributed by atoms with E-state index in [9.17, 15) is 30.6 Å². The minimum Gasteiger partial charge on any atom is -0.513 e. The fourth-order valence-electron chi connectivity index (χ4n) is 15.0. The molecule has 0 aliphatic carbocycles. The van der Waals surface area contributed by atoms with Gasteiger partial charge in [0, 0.05) is 120 Å². The molecule has 0 saturated carbocycles. The monoisotopic (exact) mass is 2490 g/mol. The van der Waals surface area contributed by atoms with Gasteiger partial charge in [-0.1, -0.05) is 294 Å². The van der Waals surface area contributed by atoms with Gasteiger partial charge in [-0.05, 0) is 169 Å². The third-order valence-electron chi connectivity index (χ3n) is 21.0. The molecule has 0 aliphatic rings. The maximum Gasteiger partial charge on any atom is 0.0955 e. The van der Waals surface area contributed by atoms with E-state index in [0.717, 1.165) is 94.9 Å². The molecule has 13 aromatic rings. The Balaban J connectivity index is 0.000000519. The maximum absolute atomic E-state index is 9.47. The van der Waals surface area contributed by atoms with E-state index < -0.39 is 24.4 Å². The van der Waals surface area contributed by atoms with Crippen LogP contribution in [0, 0.1) is 103 Å². The number of benzene rings is 9. The topological polar surface area (TPSA) is 213 Å². The molecule has 0 saturated heterocycles. The van der Waals surface area contributed by atoms with Crippen LogP contribution < -0.4 is 0 Å². The van der Waals surface area contributed by atoms with Gasteiger partial charge in [-0.15, -0.1) is 140 Å². The van der Waals surface area contributed by atoms with Crippen molar-refractivity contribution in [2.75, 3.05) is 0 Å². The van der Waals surface area contributed by atoms with Crippen molar-refractivity contribution >= 4 is 49.2 Å². The number of pyridine rings is 4. The summed E-state index contributed by atoms with van der Waals surface area (Å²) >= 11 is 0. The number of nitrogens with zero attached hydrogens (tertiary/aromatic N) is 4. The van der Waals surface area contributed by atoms with Crippen LogP contribution >= 0.6 is 0 Å². The zero-order chi connectivity index (χ0) is 95.1. The Labute approximate surface area is 844 Å². The number of aliphatic hydroxyl groups excluding tert-OH is 8. The SMILES string of the molecule is CC(C)C(O)=CC(O)C(C)C.CC(C)CC(O)=CC(O)CC(C)C.CC(O)=C(c1ccccc1)C(C)O.CC(O)=CC(C)O.Cc1[c-]c(-c2ccc3c(C(C)C)cccc3n2)cc(C)c1.Cc1[c-]c(-c2ccc3c(C(C)C)cccc3n2)cc(C)c1.Cc1[c-]c(-c2ccc3c(C(C)C)cccc3n2)cc(C)c1.Cc1[c-]c(-c2ccc3c(C(C)C)cccc3n2)cc(C)c1.[Ir].[Ir].[Ir].[Ir]. The van der Waals surface area contributed by atoms with Crippen LogP contribution in [0.3, 0.4) is 0 Å². The van der Waals surface area contributed by atoms with Crippen LogP contribution in [0.5, 0.6) is 0 Å². The molecular formula is C116H144Ir4N4O8-4. The smallest absolute Gasteiger partial charge is 0.0955 e. The average Bonchev–Trinajstić information content (AvgIpc) is 0.807. The number of hydrogen-bond acceptors (Lipinski definition) is 12. The zero-order valence-electron chi connectivity index (χ0n) is 82.8. The van der Waals surface area contributed by atoms with Crippen LogP contribution in [0.1, 0.15) is 247 Å². The fraction of sp³-hybridized carbons (Fsp3) is 0.362. The standard InChI is InChI=1S/4C20H20N.C11H14O2.C11H22O2.C9H18O2.C5H10O2.4Ir/c4*1-13(2)17-6-5-7-20-18(17)8-9-19(21-20)16-11-14(3)10-15(4)12-16;1-8(12)11(9(2)13)10-6-4-3-5-7-10;1-8(2)5-10(12)7-11(13)6-9(3)4;1-6(2)8(10)5-9(11)7(3)4;1-4(6)3-5(2)7;;;;/h4*5-11,13H,1-4H3;3-8,12-13H,1-2H3;7-10,12-13H,5-6H2,1-4H3;5-8,10-11H,1-4H3;3-4,6-7H,1-2H3;;;;/q4*-1;;;;;;;;. The van der Waals surface area contributed by atoms with Crippen LogP contribution in [0.2, 0.25) is 0 Å². The van der Waals surface area contributed by atoms with E-state index in [0.29, 0.717) is 59.7 Å². The Morgan fingerprint density at radius 1 is 0.341 bits per heavy atom. The second-order valence-electron chi connectivity index (χ2n) is 36.6. The minimum absolute atomic E-state index is 0. The average molecular weight is 2490 g/mol. The number of hydrogen-bond donors (Lipinski definition) is 8. The van der Waals surface area contributed by atoms with E-state index in [1.54, 1.807) is 26.8 Å². The molecule has 4 unspecified atom stereocenters. The van der Waals surface area contributed by atoms with Gasteiger partial charge in [0.2, 0.25) is 0 Å². The molecule has 8 N–H and O–H groups in total. The van der Waals surface area contributed by atoms with Crippen molar-refractivity contribution in [3.05, 3.63) is 338 Å².